The molecule has 1 saturated heterocycles. The van der Waals surface area contributed by atoms with E-state index in [4.69, 9.17) is 9.26 Å². The fraction of sp³-hybridized carbons (Fsp3) is 0.833. The lowest BCUT2D eigenvalue weighted by molar-refractivity contribution is 0.173. The minimum absolute atomic E-state index is 0.0823. The number of nitrogens with zero attached hydrogens (tertiary/aromatic N) is 2. The molecule has 0 unspecified atom stereocenters. The minimum atomic E-state index is 0.0823. The Hall–Kier alpha value is -0.940. The second-order valence-electron chi connectivity index (χ2n) is 4.73. The van der Waals surface area contributed by atoms with Crippen LogP contribution in [0.5, 0.6) is 0 Å². The van der Waals surface area contributed by atoms with Gasteiger partial charge in [-0.15, -0.1) is 0 Å². The Bertz CT molecular complexity index is 340. The first-order chi connectivity index (χ1) is 8.30. The molecule has 96 valence electrons. The van der Waals surface area contributed by atoms with Crippen LogP contribution >= 0.6 is 0 Å². The molecule has 5 heteroatoms. The standard InChI is InChI=1S/C12H21N3O2/c1-3-4-12(5-7-13-8-6-12)11-14-10(9-16-2)15-17-11/h13H,3-9H2,1-2H3. The molecule has 2 heterocycles. The number of methoxy groups -OCH3 is 1. The van der Waals surface area contributed by atoms with Crippen LogP contribution in [0.15, 0.2) is 4.52 Å². The lowest BCUT2D eigenvalue weighted by Gasteiger charge is -2.34. The van der Waals surface area contributed by atoms with E-state index in [1.165, 1.54) is 0 Å². The SMILES string of the molecule is CCCC1(c2nc(COC)no2)CCNCC1. The third kappa shape index (κ3) is 2.66. The van der Waals surface area contributed by atoms with Crippen molar-refractivity contribution in [2.45, 2.75) is 44.6 Å². The molecule has 2 rings (SSSR count). The minimum Gasteiger partial charge on any atom is -0.377 e. The molecular formula is C12H21N3O2. The average molecular weight is 239 g/mol. The first-order valence-corrected chi connectivity index (χ1v) is 6.33. The van der Waals surface area contributed by atoms with Crippen LogP contribution in [-0.2, 0) is 16.8 Å². The van der Waals surface area contributed by atoms with Gasteiger partial charge in [-0.05, 0) is 32.4 Å². The molecule has 1 aliphatic heterocycles. The quantitative estimate of drug-likeness (QED) is 0.846. The zero-order valence-electron chi connectivity index (χ0n) is 10.7. The van der Waals surface area contributed by atoms with E-state index in [2.05, 4.69) is 22.4 Å². The maximum Gasteiger partial charge on any atom is 0.233 e. The van der Waals surface area contributed by atoms with Crippen LogP contribution in [0.4, 0.5) is 0 Å². The summed E-state index contributed by atoms with van der Waals surface area (Å²) in [5, 5.41) is 7.36. The van der Waals surface area contributed by atoms with E-state index in [1.54, 1.807) is 7.11 Å². The highest BCUT2D eigenvalue weighted by atomic mass is 16.5. The van der Waals surface area contributed by atoms with Crippen molar-refractivity contribution < 1.29 is 9.26 Å². The van der Waals surface area contributed by atoms with Crippen molar-refractivity contribution in [2.24, 2.45) is 0 Å². The average Bonchev–Trinajstić information content (AvgIpc) is 2.80. The van der Waals surface area contributed by atoms with Gasteiger partial charge in [0.15, 0.2) is 5.82 Å². The van der Waals surface area contributed by atoms with Gasteiger partial charge in [-0.25, -0.2) is 0 Å². The number of hydrogen-bond acceptors (Lipinski definition) is 5. The van der Waals surface area contributed by atoms with Gasteiger partial charge in [0.05, 0.1) is 5.41 Å². The highest BCUT2D eigenvalue weighted by Gasteiger charge is 2.38. The topological polar surface area (TPSA) is 60.2 Å². The van der Waals surface area contributed by atoms with Crippen LogP contribution in [0.25, 0.3) is 0 Å². The first kappa shape index (κ1) is 12.5. The highest BCUT2D eigenvalue weighted by molar-refractivity contribution is 5.07. The number of hydrogen-bond donors (Lipinski definition) is 1. The zero-order chi connectivity index (χ0) is 12.1. The van der Waals surface area contributed by atoms with Crippen molar-refractivity contribution in [3.8, 4) is 0 Å². The Morgan fingerprint density at radius 2 is 2.18 bits per heavy atom. The normalized spacial score (nSPS) is 19.4. The van der Waals surface area contributed by atoms with Crippen molar-refractivity contribution in [1.82, 2.24) is 15.5 Å². The summed E-state index contributed by atoms with van der Waals surface area (Å²) in [6, 6.07) is 0. The Labute approximate surface area is 102 Å². The molecule has 0 bridgehead atoms. The number of aromatic nitrogens is 2. The van der Waals surface area contributed by atoms with Gasteiger partial charge in [-0.3, -0.25) is 0 Å². The summed E-state index contributed by atoms with van der Waals surface area (Å²) in [5.41, 5.74) is 0.0823. The van der Waals surface area contributed by atoms with E-state index in [9.17, 15) is 0 Å². The second kappa shape index (κ2) is 5.60. The molecule has 1 aliphatic rings. The van der Waals surface area contributed by atoms with Gasteiger partial charge in [0.1, 0.15) is 6.61 Å². The molecule has 5 nitrogen and oxygen atoms in total. The maximum absolute atomic E-state index is 5.44. The molecule has 0 radical (unpaired) electrons. The summed E-state index contributed by atoms with van der Waals surface area (Å²) < 4.78 is 10.5. The summed E-state index contributed by atoms with van der Waals surface area (Å²) in [6.07, 6.45) is 4.41. The molecule has 0 spiro atoms. The van der Waals surface area contributed by atoms with E-state index in [1.807, 2.05) is 0 Å². The summed E-state index contributed by atoms with van der Waals surface area (Å²) in [6.45, 7) is 4.68. The summed E-state index contributed by atoms with van der Waals surface area (Å²) >= 11 is 0. The van der Waals surface area contributed by atoms with Crippen LogP contribution < -0.4 is 5.32 Å². The van der Waals surface area contributed by atoms with E-state index >= 15 is 0 Å². The van der Waals surface area contributed by atoms with Crippen LogP contribution in [0.1, 0.15) is 44.3 Å². The molecule has 0 aromatic carbocycles. The predicted molar refractivity (Wildman–Crippen MR) is 63.7 cm³/mol. The number of rotatable bonds is 5. The number of piperidine rings is 1. The van der Waals surface area contributed by atoms with Gasteiger partial charge in [-0.1, -0.05) is 18.5 Å². The van der Waals surface area contributed by atoms with E-state index in [-0.39, 0.29) is 5.41 Å². The molecule has 0 aliphatic carbocycles. The fourth-order valence-corrected chi connectivity index (χ4v) is 2.61. The molecule has 0 saturated carbocycles. The third-order valence-corrected chi connectivity index (χ3v) is 3.48. The van der Waals surface area contributed by atoms with Crippen molar-refractivity contribution in [3.05, 3.63) is 11.7 Å². The van der Waals surface area contributed by atoms with E-state index < -0.39 is 0 Å². The van der Waals surface area contributed by atoms with Crippen LogP contribution in [0, 0.1) is 0 Å². The molecule has 1 aromatic rings. The Morgan fingerprint density at radius 3 is 2.82 bits per heavy atom. The Kier molecular flexibility index (Phi) is 4.12. The monoisotopic (exact) mass is 239 g/mol. The third-order valence-electron chi connectivity index (χ3n) is 3.48. The summed E-state index contributed by atoms with van der Waals surface area (Å²) in [4.78, 5) is 4.48. The largest absolute Gasteiger partial charge is 0.377 e. The second-order valence-corrected chi connectivity index (χ2v) is 4.73. The van der Waals surface area contributed by atoms with Gasteiger partial charge in [-0.2, -0.15) is 4.98 Å². The van der Waals surface area contributed by atoms with Crippen LogP contribution in [0.2, 0.25) is 0 Å². The smallest absolute Gasteiger partial charge is 0.233 e. The van der Waals surface area contributed by atoms with Gasteiger partial charge in [0.25, 0.3) is 0 Å². The predicted octanol–water partition coefficient (Wildman–Crippen LogP) is 1.64. The fourth-order valence-electron chi connectivity index (χ4n) is 2.61. The molecular weight excluding hydrogens is 218 g/mol. The van der Waals surface area contributed by atoms with Gasteiger partial charge in [0.2, 0.25) is 5.89 Å². The zero-order valence-corrected chi connectivity index (χ0v) is 10.7. The van der Waals surface area contributed by atoms with Crippen molar-refractivity contribution in [3.63, 3.8) is 0 Å². The van der Waals surface area contributed by atoms with Gasteiger partial charge in [0, 0.05) is 7.11 Å². The van der Waals surface area contributed by atoms with Gasteiger partial charge < -0.3 is 14.6 Å². The van der Waals surface area contributed by atoms with Crippen LogP contribution in [0.3, 0.4) is 0 Å². The Morgan fingerprint density at radius 1 is 1.41 bits per heavy atom. The number of ether oxygens (including phenoxy) is 1. The molecule has 1 N–H and O–H groups in total. The van der Waals surface area contributed by atoms with Gasteiger partial charge >= 0.3 is 0 Å². The first-order valence-electron chi connectivity index (χ1n) is 6.33. The molecule has 17 heavy (non-hydrogen) atoms. The number of nitrogens with one attached hydrogen (secondary N) is 1. The Balaban J connectivity index is 2.18. The molecule has 1 fully saturated rings. The molecule has 1 aromatic heterocycles. The van der Waals surface area contributed by atoms with Crippen molar-refractivity contribution in [1.29, 1.82) is 0 Å². The molecule has 0 amide bonds. The molecule has 0 atom stereocenters. The highest BCUT2D eigenvalue weighted by Crippen LogP contribution is 2.36. The van der Waals surface area contributed by atoms with Crippen molar-refractivity contribution in [2.75, 3.05) is 20.2 Å². The summed E-state index contributed by atoms with van der Waals surface area (Å²) in [5.74, 6) is 1.45. The van der Waals surface area contributed by atoms with E-state index in [0.717, 1.165) is 44.7 Å². The van der Waals surface area contributed by atoms with Crippen molar-refractivity contribution >= 4 is 0 Å². The van der Waals surface area contributed by atoms with E-state index in [0.29, 0.717) is 12.4 Å². The summed E-state index contributed by atoms with van der Waals surface area (Å²) in [7, 11) is 1.64. The maximum atomic E-state index is 5.44. The lowest BCUT2D eigenvalue weighted by Crippen LogP contribution is -2.40. The van der Waals surface area contributed by atoms with Crippen LogP contribution in [-0.4, -0.2) is 30.3 Å². The lowest BCUT2D eigenvalue weighted by atomic mass is 9.75.